The number of hydrogen-bond donors (Lipinski definition) is 0. The summed E-state index contributed by atoms with van der Waals surface area (Å²) in [5.74, 6) is 0.555. The summed E-state index contributed by atoms with van der Waals surface area (Å²) < 4.78 is 17.3. The third kappa shape index (κ3) is 2.42. The molecule has 0 saturated heterocycles. The van der Waals surface area contributed by atoms with E-state index in [1.807, 2.05) is 48.5 Å². The third-order valence-electron chi connectivity index (χ3n) is 4.83. The van der Waals surface area contributed by atoms with Gasteiger partial charge in [-0.05, 0) is 32.0 Å². The largest absolute Gasteiger partial charge is 0.469 e. The molecule has 2 heterocycles. The topological polar surface area (TPSA) is 48.0 Å². The number of esters is 1. The second kappa shape index (κ2) is 5.99. The average molecular weight is 339 g/mol. The minimum atomic E-state index is -0.725. The predicted molar refractivity (Wildman–Crippen MR) is 93.8 cm³/mol. The first-order valence-electron chi connectivity index (χ1n) is 8.49. The van der Waals surface area contributed by atoms with Gasteiger partial charge in [0.1, 0.15) is 11.5 Å². The Balaban J connectivity index is 1.97. The molecule has 0 unspecified atom stereocenters. The molecule has 2 aliphatic rings. The predicted octanol–water partition coefficient (Wildman–Crippen LogP) is 3.54. The molecule has 130 valence electrons. The molecule has 2 aliphatic heterocycles. The molecule has 2 bridgehead atoms. The number of para-hydroxylation sites is 3. The van der Waals surface area contributed by atoms with Gasteiger partial charge in [-0.25, -0.2) is 0 Å². The van der Waals surface area contributed by atoms with Crippen LogP contribution in [0.25, 0.3) is 0 Å². The van der Waals surface area contributed by atoms with Crippen molar-refractivity contribution in [2.75, 3.05) is 12.0 Å². The normalized spacial score (nSPS) is 23.7. The van der Waals surface area contributed by atoms with E-state index in [1.54, 1.807) is 0 Å². The fraction of sp³-hybridized carbons (Fsp3) is 0.350. The molecule has 5 nitrogen and oxygen atoms in total. The van der Waals surface area contributed by atoms with E-state index >= 15 is 0 Å². The highest BCUT2D eigenvalue weighted by atomic mass is 16.7. The lowest BCUT2D eigenvalue weighted by Gasteiger charge is -2.42. The van der Waals surface area contributed by atoms with Gasteiger partial charge in [-0.15, -0.1) is 0 Å². The SMILES string of the molecule is COC(=O)[C@@H]1[C@H]2Oc3ccccc3[C@@H]1N(C(C)C)c1ccccc1O2. The summed E-state index contributed by atoms with van der Waals surface area (Å²) in [7, 11) is 1.40. The van der Waals surface area contributed by atoms with Crippen LogP contribution in [0.5, 0.6) is 11.5 Å². The van der Waals surface area contributed by atoms with E-state index in [4.69, 9.17) is 14.2 Å². The van der Waals surface area contributed by atoms with Crippen LogP contribution in [-0.4, -0.2) is 25.4 Å². The molecule has 0 aromatic heterocycles. The lowest BCUT2D eigenvalue weighted by molar-refractivity contribution is -0.159. The molecule has 0 saturated carbocycles. The van der Waals surface area contributed by atoms with Crippen LogP contribution in [0, 0.1) is 5.92 Å². The highest BCUT2D eigenvalue weighted by molar-refractivity contribution is 5.77. The molecule has 5 heteroatoms. The van der Waals surface area contributed by atoms with Crippen LogP contribution in [-0.2, 0) is 9.53 Å². The summed E-state index contributed by atoms with van der Waals surface area (Å²) in [6.45, 7) is 4.23. The summed E-state index contributed by atoms with van der Waals surface area (Å²) in [5.41, 5.74) is 1.93. The van der Waals surface area contributed by atoms with Gasteiger partial charge in [0.25, 0.3) is 6.29 Å². The van der Waals surface area contributed by atoms with Gasteiger partial charge in [-0.1, -0.05) is 30.3 Å². The molecule has 3 atom stereocenters. The highest BCUT2D eigenvalue weighted by Crippen LogP contribution is 2.50. The first-order valence-corrected chi connectivity index (χ1v) is 8.49. The fourth-order valence-corrected chi connectivity index (χ4v) is 3.81. The van der Waals surface area contributed by atoms with Crippen molar-refractivity contribution >= 4 is 11.7 Å². The Kier molecular flexibility index (Phi) is 3.79. The van der Waals surface area contributed by atoms with Crippen LogP contribution in [0.4, 0.5) is 5.69 Å². The van der Waals surface area contributed by atoms with Crippen LogP contribution in [0.2, 0.25) is 0 Å². The van der Waals surface area contributed by atoms with Gasteiger partial charge in [0.05, 0.1) is 18.8 Å². The summed E-state index contributed by atoms with van der Waals surface area (Å²) in [6, 6.07) is 15.6. The van der Waals surface area contributed by atoms with Crippen molar-refractivity contribution in [2.24, 2.45) is 5.92 Å². The summed E-state index contributed by atoms with van der Waals surface area (Å²) in [4.78, 5) is 14.9. The Morgan fingerprint density at radius 2 is 1.68 bits per heavy atom. The monoisotopic (exact) mass is 339 g/mol. The van der Waals surface area contributed by atoms with Gasteiger partial charge in [-0.3, -0.25) is 4.79 Å². The molecular formula is C20H21NO4. The Morgan fingerprint density at radius 3 is 2.40 bits per heavy atom. The maximum atomic E-state index is 12.7. The summed E-state index contributed by atoms with van der Waals surface area (Å²) in [6.07, 6.45) is -0.725. The summed E-state index contributed by atoms with van der Waals surface area (Å²) >= 11 is 0. The Labute approximate surface area is 147 Å². The molecule has 0 N–H and O–H groups in total. The van der Waals surface area contributed by atoms with E-state index in [0.29, 0.717) is 5.75 Å². The molecule has 0 fully saturated rings. The highest BCUT2D eigenvalue weighted by Gasteiger charge is 2.51. The lowest BCUT2D eigenvalue weighted by Crippen LogP contribution is -2.50. The van der Waals surface area contributed by atoms with E-state index in [2.05, 4.69) is 18.7 Å². The number of carbonyl (C=O) groups excluding carboxylic acids is 1. The van der Waals surface area contributed by atoms with Crippen molar-refractivity contribution in [3.63, 3.8) is 0 Å². The number of anilines is 1. The zero-order valence-corrected chi connectivity index (χ0v) is 14.5. The van der Waals surface area contributed by atoms with Crippen LogP contribution < -0.4 is 14.4 Å². The molecule has 0 aliphatic carbocycles. The van der Waals surface area contributed by atoms with Crippen molar-refractivity contribution < 1.29 is 19.0 Å². The lowest BCUT2D eigenvalue weighted by atomic mass is 9.87. The van der Waals surface area contributed by atoms with Gasteiger partial charge in [0.2, 0.25) is 0 Å². The van der Waals surface area contributed by atoms with E-state index in [-0.39, 0.29) is 18.1 Å². The van der Waals surface area contributed by atoms with Crippen molar-refractivity contribution in [3.05, 3.63) is 54.1 Å². The Morgan fingerprint density at radius 1 is 1.04 bits per heavy atom. The van der Waals surface area contributed by atoms with E-state index in [9.17, 15) is 4.79 Å². The zero-order valence-electron chi connectivity index (χ0n) is 14.5. The van der Waals surface area contributed by atoms with Crippen LogP contribution in [0.3, 0.4) is 0 Å². The summed E-state index contributed by atoms with van der Waals surface area (Å²) in [5, 5.41) is 0. The van der Waals surface area contributed by atoms with Crippen molar-refractivity contribution in [1.29, 1.82) is 0 Å². The number of benzene rings is 2. The average Bonchev–Trinajstić information content (AvgIpc) is 2.72. The van der Waals surface area contributed by atoms with Crippen LogP contribution in [0.1, 0.15) is 25.5 Å². The smallest absolute Gasteiger partial charge is 0.318 e. The van der Waals surface area contributed by atoms with Crippen molar-refractivity contribution in [1.82, 2.24) is 0 Å². The van der Waals surface area contributed by atoms with E-state index in [0.717, 1.165) is 17.0 Å². The minimum Gasteiger partial charge on any atom is -0.469 e. The Bertz CT molecular complexity index is 804. The second-order valence-electron chi connectivity index (χ2n) is 6.60. The maximum absolute atomic E-state index is 12.7. The number of nitrogens with zero attached hydrogens (tertiary/aromatic N) is 1. The fourth-order valence-electron chi connectivity index (χ4n) is 3.81. The third-order valence-corrected chi connectivity index (χ3v) is 4.83. The first-order chi connectivity index (χ1) is 12.1. The molecule has 25 heavy (non-hydrogen) atoms. The van der Waals surface area contributed by atoms with Gasteiger partial charge in [0, 0.05) is 11.6 Å². The molecule has 2 aromatic rings. The first kappa shape index (κ1) is 15.8. The molecule has 0 radical (unpaired) electrons. The molecule has 2 aromatic carbocycles. The molecule has 0 amide bonds. The van der Waals surface area contributed by atoms with E-state index < -0.39 is 12.2 Å². The van der Waals surface area contributed by atoms with Crippen LogP contribution >= 0.6 is 0 Å². The Hall–Kier alpha value is -2.69. The number of fused-ring (bicyclic) bond motifs is 5. The van der Waals surface area contributed by atoms with Gasteiger partial charge >= 0.3 is 5.97 Å². The van der Waals surface area contributed by atoms with E-state index in [1.165, 1.54) is 7.11 Å². The second-order valence-corrected chi connectivity index (χ2v) is 6.60. The number of carbonyl (C=O) groups is 1. The quantitative estimate of drug-likeness (QED) is 0.783. The molecule has 0 spiro atoms. The standard InChI is InChI=1S/C20H21NO4/c1-12(2)21-14-9-5-7-11-16(14)25-20-17(19(22)23-3)18(21)13-8-4-6-10-15(13)24-20/h4-12,17-18,20H,1-3H3/t17-,18+,20+/m1/s1. The molecular weight excluding hydrogens is 318 g/mol. The van der Waals surface area contributed by atoms with Gasteiger partial charge in [0.15, 0.2) is 5.92 Å². The zero-order chi connectivity index (χ0) is 17.6. The molecule has 4 rings (SSSR count). The van der Waals surface area contributed by atoms with Gasteiger partial charge < -0.3 is 19.1 Å². The maximum Gasteiger partial charge on any atom is 0.318 e. The van der Waals surface area contributed by atoms with Gasteiger partial charge in [-0.2, -0.15) is 0 Å². The number of ether oxygens (including phenoxy) is 3. The number of methoxy groups -OCH3 is 1. The number of hydrogen-bond acceptors (Lipinski definition) is 5. The van der Waals surface area contributed by atoms with Crippen LogP contribution in [0.15, 0.2) is 48.5 Å². The minimum absolute atomic E-state index is 0.159. The van der Waals surface area contributed by atoms with Crippen molar-refractivity contribution in [3.8, 4) is 11.5 Å². The van der Waals surface area contributed by atoms with Crippen molar-refractivity contribution in [2.45, 2.75) is 32.2 Å². The number of rotatable bonds is 2.